The lowest BCUT2D eigenvalue weighted by molar-refractivity contribution is 0.191. The van der Waals surface area contributed by atoms with Gasteiger partial charge in [-0.3, -0.25) is 0 Å². The van der Waals surface area contributed by atoms with Crippen LogP contribution in [0, 0.1) is 37.9 Å². The van der Waals surface area contributed by atoms with Gasteiger partial charge in [0, 0.05) is 18.7 Å². The molecule has 0 aromatic heterocycles. The molecule has 0 amide bonds. The summed E-state index contributed by atoms with van der Waals surface area (Å²) < 4.78 is 14.1. The predicted octanol–water partition coefficient (Wildman–Crippen LogP) is 4.39. The lowest BCUT2D eigenvalue weighted by atomic mass is 9.73. The Morgan fingerprint density at radius 1 is 1.00 bits per heavy atom. The van der Waals surface area contributed by atoms with Gasteiger partial charge in [-0.25, -0.2) is 4.39 Å². The molecule has 27 heavy (non-hydrogen) atoms. The van der Waals surface area contributed by atoms with Crippen molar-refractivity contribution in [2.24, 2.45) is 5.41 Å². The minimum absolute atomic E-state index is 0.106. The fourth-order valence-electron chi connectivity index (χ4n) is 3.93. The van der Waals surface area contributed by atoms with Gasteiger partial charge in [-0.05, 0) is 74.4 Å². The zero-order valence-corrected chi connectivity index (χ0v) is 16.5. The van der Waals surface area contributed by atoms with Crippen LogP contribution in [-0.4, -0.2) is 19.6 Å². The summed E-state index contributed by atoms with van der Waals surface area (Å²) in [6.07, 6.45) is 11.4. The molecule has 0 aliphatic carbocycles. The van der Waals surface area contributed by atoms with Gasteiger partial charge >= 0.3 is 0 Å². The van der Waals surface area contributed by atoms with E-state index in [9.17, 15) is 4.39 Å². The molecule has 1 aliphatic rings. The standard InChI is InChI=1S/C22H29FN2.C2H2/c1-17-6-3-4-8-19(17)14-22(10-12-24-13-11-22)16-25-15-20-18(2)7-5-9-21(20)23;1-2/h3-9,24-25H,10-16H2,1-2H3;1-2H. The zero-order valence-electron chi connectivity index (χ0n) is 16.5. The van der Waals surface area contributed by atoms with E-state index in [0.29, 0.717) is 6.54 Å². The van der Waals surface area contributed by atoms with Crippen LogP contribution in [0.15, 0.2) is 42.5 Å². The van der Waals surface area contributed by atoms with Crippen molar-refractivity contribution in [3.8, 4) is 12.8 Å². The highest BCUT2D eigenvalue weighted by Gasteiger charge is 2.32. The Labute approximate surface area is 163 Å². The second-order valence-corrected chi connectivity index (χ2v) is 7.49. The highest BCUT2D eigenvalue weighted by atomic mass is 19.1. The summed E-state index contributed by atoms with van der Waals surface area (Å²) in [4.78, 5) is 0. The number of halogens is 1. The van der Waals surface area contributed by atoms with E-state index in [0.717, 1.165) is 50.0 Å². The first-order valence-electron chi connectivity index (χ1n) is 9.63. The molecule has 1 fully saturated rings. The summed E-state index contributed by atoms with van der Waals surface area (Å²) in [7, 11) is 0. The van der Waals surface area contributed by atoms with Crippen molar-refractivity contribution >= 4 is 0 Å². The normalized spacial score (nSPS) is 15.6. The minimum atomic E-state index is -0.106. The monoisotopic (exact) mass is 366 g/mol. The maximum absolute atomic E-state index is 14.1. The van der Waals surface area contributed by atoms with Gasteiger partial charge in [0.15, 0.2) is 0 Å². The van der Waals surface area contributed by atoms with E-state index >= 15 is 0 Å². The number of aryl methyl sites for hydroxylation is 2. The van der Waals surface area contributed by atoms with Gasteiger partial charge in [0.2, 0.25) is 0 Å². The zero-order chi connectivity index (χ0) is 19.7. The summed E-state index contributed by atoms with van der Waals surface area (Å²) in [5.41, 5.74) is 4.86. The van der Waals surface area contributed by atoms with Gasteiger partial charge in [-0.1, -0.05) is 36.4 Å². The predicted molar refractivity (Wildman–Crippen MR) is 112 cm³/mol. The summed E-state index contributed by atoms with van der Waals surface area (Å²) >= 11 is 0. The molecular weight excluding hydrogens is 335 g/mol. The molecule has 0 bridgehead atoms. The number of hydrogen-bond donors (Lipinski definition) is 2. The Balaban J connectivity index is 0.00000126. The third kappa shape index (κ3) is 5.66. The van der Waals surface area contributed by atoms with E-state index in [1.807, 2.05) is 13.0 Å². The van der Waals surface area contributed by atoms with Crippen LogP contribution in [0.3, 0.4) is 0 Å². The Morgan fingerprint density at radius 2 is 1.67 bits per heavy atom. The molecule has 0 spiro atoms. The molecule has 1 saturated heterocycles. The third-order valence-electron chi connectivity index (χ3n) is 5.65. The summed E-state index contributed by atoms with van der Waals surface area (Å²) in [5, 5.41) is 7.04. The SMILES string of the molecule is C#C.Cc1ccccc1CC1(CNCc2c(C)cccc2F)CCNCC1. The van der Waals surface area contributed by atoms with Crippen molar-refractivity contribution in [1.82, 2.24) is 10.6 Å². The molecule has 0 saturated carbocycles. The lowest BCUT2D eigenvalue weighted by Gasteiger charge is -2.38. The van der Waals surface area contributed by atoms with Crippen molar-refractivity contribution in [3.63, 3.8) is 0 Å². The first-order valence-corrected chi connectivity index (χ1v) is 9.63. The van der Waals surface area contributed by atoms with Crippen molar-refractivity contribution in [1.29, 1.82) is 0 Å². The van der Waals surface area contributed by atoms with E-state index in [1.54, 1.807) is 12.1 Å². The van der Waals surface area contributed by atoms with E-state index < -0.39 is 0 Å². The molecule has 2 aromatic rings. The second kappa shape index (κ2) is 10.3. The summed E-state index contributed by atoms with van der Waals surface area (Å²) in [6, 6.07) is 14.0. The van der Waals surface area contributed by atoms with Crippen LogP contribution in [0.2, 0.25) is 0 Å². The van der Waals surface area contributed by atoms with Gasteiger partial charge < -0.3 is 10.6 Å². The summed E-state index contributed by atoms with van der Waals surface area (Å²) in [5.74, 6) is -0.106. The molecule has 2 aromatic carbocycles. The number of rotatable bonds is 6. The molecule has 3 rings (SSSR count). The average Bonchev–Trinajstić information content (AvgIpc) is 2.68. The molecule has 1 heterocycles. The van der Waals surface area contributed by atoms with Crippen molar-refractivity contribution < 1.29 is 4.39 Å². The van der Waals surface area contributed by atoms with Gasteiger partial charge in [0.05, 0.1) is 0 Å². The lowest BCUT2D eigenvalue weighted by Crippen LogP contribution is -2.44. The molecule has 144 valence electrons. The largest absolute Gasteiger partial charge is 0.317 e. The van der Waals surface area contributed by atoms with Crippen molar-refractivity contribution in [3.05, 3.63) is 70.5 Å². The van der Waals surface area contributed by atoms with Crippen LogP contribution in [-0.2, 0) is 13.0 Å². The Hall–Kier alpha value is -2.15. The fraction of sp³-hybridized carbons (Fsp3) is 0.417. The van der Waals surface area contributed by atoms with Crippen LogP contribution < -0.4 is 10.6 Å². The Kier molecular flexibility index (Phi) is 8.03. The highest BCUT2D eigenvalue weighted by Crippen LogP contribution is 2.33. The highest BCUT2D eigenvalue weighted by molar-refractivity contribution is 5.28. The van der Waals surface area contributed by atoms with Crippen LogP contribution in [0.5, 0.6) is 0 Å². The Morgan fingerprint density at radius 3 is 2.33 bits per heavy atom. The van der Waals surface area contributed by atoms with E-state index in [2.05, 4.69) is 54.7 Å². The smallest absolute Gasteiger partial charge is 0.127 e. The van der Waals surface area contributed by atoms with Crippen molar-refractivity contribution in [2.75, 3.05) is 19.6 Å². The third-order valence-corrected chi connectivity index (χ3v) is 5.65. The summed E-state index contributed by atoms with van der Waals surface area (Å²) in [6.45, 7) is 7.82. The van der Waals surface area contributed by atoms with Crippen LogP contribution in [0.4, 0.5) is 4.39 Å². The van der Waals surface area contributed by atoms with Gasteiger partial charge in [-0.15, -0.1) is 12.8 Å². The van der Waals surface area contributed by atoms with E-state index in [-0.39, 0.29) is 11.2 Å². The minimum Gasteiger partial charge on any atom is -0.317 e. The average molecular weight is 367 g/mol. The van der Waals surface area contributed by atoms with Gasteiger partial charge in [0.25, 0.3) is 0 Å². The Bertz CT molecular complexity index is 725. The number of hydrogen-bond acceptors (Lipinski definition) is 2. The van der Waals surface area contributed by atoms with Crippen LogP contribution in [0.25, 0.3) is 0 Å². The van der Waals surface area contributed by atoms with Crippen LogP contribution in [0.1, 0.15) is 35.1 Å². The van der Waals surface area contributed by atoms with E-state index in [1.165, 1.54) is 11.1 Å². The molecular formula is C24H31FN2. The number of terminal acetylenes is 1. The molecule has 0 atom stereocenters. The fourth-order valence-corrected chi connectivity index (χ4v) is 3.93. The molecule has 1 aliphatic heterocycles. The topological polar surface area (TPSA) is 24.1 Å². The number of benzene rings is 2. The van der Waals surface area contributed by atoms with E-state index in [4.69, 9.17) is 0 Å². The van der Waals surface area contributed by atoms with Gasteiger partial charge in [0.1, 0.15) is 5.82 Å². The van der Waals surface area contributed by atoms with Crippen LogP contribution >= 0.6 is 0 Å². The number of nitrogens with one attached hydrogen (secondary N) is 2. The van der Waals surface area contributed by atoms with Gasteiger partial charge in [-0.2, -0.15) is 0 Å². The first kappa shape index (κ1) is 21.2. The molecule has 3 heteroatoms. The number of piperidine rings is 1. The molecule has 0 unspecified atom stereocenters. The molecule has 2 N–H and O–H groups in total. The van der Waals surface area contributed by atoms with Crippen molar-refractivity contribution in [2.45, 2.75) is 39.7 Å². The first-order chi connectivity index (χ1) is 13.1. The maximum Gasteiger partial charge on any atom is 0.127 e. The molecule has 0 radical (unpaired) electrons. The quantitative estimate of drug-likeness (QED) is 0.741. The second-order valence-electron chi connectivity index (χ2n) is 7.49. The molecule has 2 nitrogen and oxygen atoms in total. The maximum atomic E-state index is 14.1.